The third-order valence-corrected chi connectivity index (χ3v) is 3.22. The summed E-state index contributed by atoms with van der Waals surface area (Å²) in [5.41, 5.74) is 6.36. The summed E-state index contributed by atoms with van der Waals surface area (Å²) < 4.78 is 1.81. The van der Waals surface area contributed by atoms with E-state index in [4.69, 9.17) is 17.3 Å². The molecule has 0 radical (unpaired) electrons. The number of anilines is 1. The predicted octanol–water partition coefficient (Wildman–Crippen LogP) is 1.99. The Kier molecular flexibility index (Phi) is 2.48. The average molecular weight is 250 g/mol. The van der Waals surface area contributed by atoms with Crippen molar-refractivity contribution in [3.8, 4) is 11.4 Å². The second-order valence-corrected chi connectivity index (χ2v) is 4.64. The molecule has 0 aromatic carbocycles. The number of halogens is 1. The molecule has 1 aliphatic rings. The van der Waals surface area contributed by atoms with Crippen LogP contribution in [0.2, 0.25) is 5.15 Å². The number of nitrogen functional groups attached to an aromatic ring is 1. The summed E-state index contributed by atoms with van der Waals surface area (Å²) in [7, 11) is 0. The number of hydrogen-bond acceptors (Lipinski definition) is 4. The molecule has 3 rings (SSSR count). The van der Waals surface area contributed by atoms with E-state index in [1.54, 1.807) is 23.1 Å². The molecule has 2 heterocycles. The maximum atomic E-state index is 6.26. The van der Waals surface area contributed by atoms with Gasteiger partial charge >= 0.3 is 0 Å². The highest BCUT2D eigenvalue weighted by molar-refractivity contribution is 6.32. The Morgan fingerprint density at radius 1 is 1.47 bits per heavy atom. The maximum Gasteiger partial charge on any atom is 0.166 e. The Morgan fingerprint density at radius 3 is 3.00 bits per heavy atom. The van der Waals surface area contributed by atoms with Crippen molar-refractivity contribution in [1.29, 1.82) is 0 Å². The molecule has 88 valence electrons. The van der Waals surface area contributed by atoms with Crippen molar-refractivity contribution < 1.29 is 0 Å². The van der Waals surface area contributed by atoms with Crippen molar-refractivity contribution in [2.24, 2.45) is 5.92 Å². The fourth-order valence-electron chi connectivity index (χ4n) is 1.70. The summed E-state index contributed by atoms with van der Waals surface area (Å²) >= 11 is 6.26. The zero-order valence-corrected chi connectivity index (χ0v) is 9.93. The van der Waals surface area contributed by atoms with E-state index >= 15 is 0 Å². The molecule has 1 saturated carbocycles. The molecule has 1 fully saturated rings. The second kappa shape index (κ2) is 4.00. The van der Waals surface area contributed by atoms with Crippen molar-refractivity contribution in [2.45, 2.75) is 19.4 Å². The van der Waals surface area contributed by atoms with E-state index in [0.29, 0.717) is 16.8 Å². The summed E-state index contributed by atoms with van der Waals surface area (Å²) in [6.45, 7) is 0.876. The number of hydrogen-bond donors (Lipinski definition) is 1. The molecule has 0 unspecified atom stereocenters. The van der Waals surface area contributed by atoms with Crippen LogP contribution in [-0.2, 0) is 6.54 Å². The minimum absolute atomic E-state index is 0.431. The van der Waals surface area contributed by atoms with Gasteiger partial charge < -0.3 is 5.73 Å². The lowest BCUT2D eigenvalue weighted by atomic mass is 10.3. The molecule has 0 amide bonds. The summed E-state index contributed by atoms with van der Waals surface area (Å²) in [5.74, 6) is 1.68. The van der Waals surface area contributed by atoms with Crippen LogP contribution in [0.15, 0.2) is 18.5 Å². The second-order valence-electron chi connectivity index (χ2n) is 4.28. The van der Waals surface area contributed by atoms with E-state index in [9.17, 15) is 0 Å². The van der Waals surface area contributed by atoms with Gasteiger partial charge in [0.25, 0.3) is 0 Å². The van der Waals surface area contributed by atoms with Crippen molar-refractivity contribution >= 4 is 17.4 Å². The first-order chi connectivity index (χ1) is 8.24. The maximum absolute atomic E-state index is 6.26. The Bertz CT molecular complexity index is 547. The quantitative estimate of drug-likeness (QED) is 0.903. The standard InChI is InChI=1S/C11H12ClN5/c12-10-8(11-14-4-3-9(13)16-11)5-15-17(10)6-7-1-2-7/h3-5,7H,1-2,6H2,(H2,13,14,16). The number of nitrogens with two attached hydrogens (primary N) is 1. The summed E-state index contributed by atoms with van der Waals surface area (Å²) in [6.07, 6.45) is 5.84. The Hall–Kier alpha value is -1.62. The molecule has 0 aliphatic heterocycles. The number of nitrogens with zero attached hydrogens (tertiary/aromatic N) is 4. The Balaban J connectivity index is 1.94. The van der Waals surface area contributed by atoms with Crippen LogP contribution < -0.4 is 5.73 Å². The van der Waals surface area contributed by atoms with E-state index in [2.05, 4.69) is 15.1 Å². The Labute approximate surface area is 104 Å². The van der Waals surface area contributed by atoms with Gasteiger partial charge in [-0.05, 0) is 24.8 Å². The zero-order valence-electron chi connectivity index (χ0n) is 9.17. The van der Waals surface area contributed by atoms with Gasteiger partial charge in [-0.1, -0.05) is 11.6 Å². The van der Waals surface area contributed by atoms with Crippen LogP contribution in [0, 0.1) is 5.92 Å². The first-order valence-corrected chi connectivity index (χ1v) is 5.92. The minimum atomic E-state index is 0.431. The molecule has 0 bridgehead atoms. The molecule has 2 aromatic heterocycles. The normalized spacial score (nSPS) is 15.1. The minimum Gasteiger partial charge on any atom is -0.384 e. The van der Waals surface area contributed by atoms with Crippen molar-refractivity contribution in [3.63, 3.8) is 0 Å². The number of rotatable bonds is 3. The summed E-state index contributed by atoms with van der Waals surface area (Å²) in [4.78, 5) is 8.29. The van der Waals surface area contributed by atoms with Crippen LogP contribution >= 0.6 is 11.6 Å². The fraction of sp³-hybridized carbons (Fsp3) is 0.364. The summed E-state index contributed by atoms with van der Waals surface area (Å²) in [5, 5.41) is 4.85. The first kappa shape index (κ1) is 10.5. The molecular formula is C11H12ClN5. The molecule has 0 saturated heterocycles. The molecule has 0 atom stereocenters. The first-order valence-electron chi connectivity index (χ1n) is 5.54. The van der Waals surface area contributed by atoms with Gasteiger partial charge in [-0.2, -0.15) is 5.10 Å². The molecule has 5 nitrogen and oxygen atoms in total. The highest BCUT2D eigenvalue weighted by Gasteiger charge is 2.24. The van der Waals surface area contributed by atoms with Crippen LogP contribution in [0.25, 0.3) is 11.4 Å². The monoisotopic (exact) mass is 249 g/mol. The smallest absolute Gasteiger partial charge is 0.166 e. The highest BCUT2D eigenvalue weighted by atomic mass is 35.5. The molecule has 1 aliphatic carbocycles. The van der Waals surface area contributed by atoms with E-state index in [0.717, 1.165) is 18.0 Å². The van der Waals surface area contributed by atoms with Gasteiger partial charge in [0.15, 0.2) is 5.82 Å². The Morgan fingerprint density at radius 2 is 2.29 bits per heavy atom. The van der Waals surface area contributed by atoms with Crippen molar-refractivity contribution in [3.05, 3.63) is 23.6 Å². The highest BCUT2D eigenvalue weighted by Crippen LogP contribution is 2.33. The summed E-state index contributed by atoms with van der Waals surface area (Å²) in [6, 6.07) is 1.64. The zero-order chi connectivity index (χ0) is 11.8. The topological polar surface area (TPSA) is 69.6 Å². The van der Waals surface area contributed by atoms with Crippen LogP contribution in [0.5, 0.6) is 0 Å². The van der Waals surface area contributed by atoms with Gasteiger partial charge in [0, 0.05) is 12.7 Å². The predicted molar refractivity (Wildman–Crippen MR) is 65.4 cm³/mol. The van der Waals surface area contributed by atoms with Gasteiger partial charge in [0.1, 0.15) is 11.0 Å². The SMILES string of the molecule is Nc1ccnc(-c2cnn(CC3CC3)c2Cl)n1. The van der Waals surface area contributed by atoms with Crippen molar-refractivity contribution in [2.75, 3.05) is 5.73 Å². The molecule has 17 heavy (non-hydrogen) atoms. The van der Waals surface area contributed by atoms with E-state index in [-0.39, 0.29) is 0 Å². The largest absolute Gasteiger partial charge is 0.384 e. The van der Waals surface area contributed by atoms with Crippen LogP contribution in [-0.4, -0.2) is 19.7 Å². The van der Waals surface area contributed by atoms with E-state index in [1.165, 1.54) is 12.8 Å². The van der Waals surface area contributed by atoms with Gasteiger partial charge in [-0.3, -0.25) is 4.68 Å². The van der Waals surface area contributed by atoms with Gasteiger partial charge in [0.2, 0.25) is 0 Å². The molecule has 0 spiro atoms. The lowest BCUT2D eigenvalue weighted by Gasteiger charge is -2.02. The molecule has 6 heteroatoms. The fourth-order valence-corrected chi connectivity index (χ4v) is 1.94. The van der Waals surface area contributed by atoms with Crippen LogP contribution in [0.3, 0.4) is 0 Å². The molecular weight excluding hydrogens is 238 g/mol. The lowest BCUT2D eigenvalue weighted by molar-refractivity contribution is 0.564. The third kappa shape index (κ3) is 2.10. The average Bonchev–Trinajstić information content (AvgIpc) is 3.04. The van der Waals surface area contributed by atoms with Gasteiger partial charge in [-0.25, -0.2) is 9.97 Å². The van der Waals surface area contributed by atoms with Crippen molar-refractivity contribution in [1.82, 2.24) is 19.7 Å². The lowest BCUT2D eigenvalue weighted by Crippen LogP contribution is -2.01. The van der Waals surface area contributed by atoms with Gasteiger partial charge in [-0.15, -0.1) is 0 Å². The number of aromatic nitrogens is 4. The third-order valence-electron chi connectivity index (χ3n) is 2.82. The molecule has 2 N–H and O–H groups in total. The van der Waals surface area contributed by atoms with E-state index in [1.807, 2.05) is 0 Å². The van der Waals surface area contributed by atoms with E-state index < -0.39 is 0 Å². The van der Waals surface area contributed by atoms with Crippen LogP contribution in [0.1, 0.15) is 12.8 Å². The molecule has 2 aromatic rings. The van der Waals surface area contributed by atoms with Crippen LogP contribution in [0.4, 0.5) is 5.82 Å². The van der Waals surface area contributed by atoms with Gasteiger partial charge in [0.05, 0.1) is 11.8 Å².